The van der Waals surface area contributed by atoms with E-state index in [1.54, 1.807) is 0 Å². The molecule has 0 radical (unpaired) electrons. The molecule has 1 aromatic rings. The van der Waals surface area contributed by atoms with Gasteiger partial charge in [-0.15, -0.1) is 0 Å². The quantitative estimate of drug-likeness (QED) is 0.530. The van der Waals surface area contributed by atoms with Crippen LogP contribution in [0.2, 0.25) is 0 Å². The summed E-state index contributed by atoms with van der Waals surface area (Å²) in [6.07, 6.45) is -0.121. The van der Waals surface area contributed by atoms with E-state index < -0.39 is 41.6 Å². The zero-order valence-electron chi connectivity index (χ0n) is 11.7. The maximum Gasteiger partial charge on any atom is 0.316 e. The molecule has 0 bridgehead atoms. The highest BCUT2D eigenvalue weighted by atomic mass is 19.1. The molecule has 9 heteroatoms. The maximum absolute atomic E-state index is 13.5. The van der Waals surface area contributed by atoms with Crippen molar-refractivity contribution in [3.63, 3.8) is 0 Å². The highest BCUT2D eigenvalue weighted by Gasteiger charge is 2.24. The number of rotatable bonds is 6. The van der Waals surface area contributed by atoms with E-state index in [-0.39, 0.29) is 12.0 Å². The molecular weight excluding hydrogens is 298 g/mol. The van der Waals surface area contributed by atoms with Gasteiger partial charge >= 0.3 is 6.03 Å². The molecule has 6 N–H and O–H groups in total. The van der Waals surface area contributed by atoms with Crippen LogP contribution in [-0.4, -0.2) is 29.9 Å². The van der Waals surface area contributed by atoms with Crippen molar-refractivity contribution in [1.29, 1.82) is 0 Å². The van der Waals surface area contributed by atoms with Crippen molar-refractivity contribution in [3.8, 4) is 0 Å². The molecule has 120 valence electrons. The molecule has 4 amide bonds. The summed E-state index contributed by atoms with van der Waals surface area (Å²) in [4.78, 5) is 33.5. The molecule has 0 saturated heterocycles. The van der Waals surface area contributed by atoms with Gasteiger partial charge in [0.15, 0.2) is 6.04 Å². The van der Waals surface area contributed by atoms with Crippen molar-refractivity contribution < 1.29 is 23.2 Å². The maximum atomic E-state index is 13.5. The number of amides is 4. The van der Waals surface area contributed by atoms with Crippen molar-refractivity contribution in [2.24, 2.45) is 11.5 Å². The van der Waals surface area contributed by atoms with Crippen LogP contribution in [0.15, 0.2) is 18.2 Å². The lowest BCUT2D eigenvalue weighted by atomic mass is 10.1. The Kier molecular flexibility index (Phi) is 5.79. The predicted molar refractivity (Wildman–Crippen MR) is 73.4 cm³/mol. The Bertz CT molecular complexity index is 560. The van der Waals surface area contributed by atoms with Crippen LogP contribution in [0.1, 0.15) is 12.5 Å². The Morgan fingerprint density at radius 1 is 1.09 bits per heavy atom. The highest BCUT2D eigenvalue weighted by molar-refractivity contribution is 6.05. The molecule has 0 spiro atoms. The second-order valence-electron chi connectivity index (χ2n) is 4.66. The van der Waals surface area contributed by atoms with Crippen molar-refractivity contribution in [2.75, 3.05) is 0 Å². The molecule has 0 aliphatic carbocycles. The fourth-order valence-corrected chi connectivity index (χ4v) is 1.76. The average Bonchev–Trinajstić information content (AvgIpc) is 2.39. The summed E-state index contributed by atoms with van der Waals surface area (Å²) in [6, 6.07) is 0.170. The van der Waals surface area contributed by atoms with E-state index >= 15 is 0 Å². The molecule has 0 aliphatic heterocycles. The van der Waals surface area contributed by atoms with Crippen LogP contribution in [0.5, 0.6) is 0 Å². The summed E-state index contributed by atoms with van der Waals surface area (Å²) in [5.41, 5.74) is 9.61. The Morgan fingerprint density at radius 3 is 2.05 bits per heavy atom. The first-order chi connectivity index (χ1) is 10.2. The van der Waals surface area contributed by atoms with Gasteiger partial charge in [0.05, 0.1) is 0 Å². The Morgan fingerprint density at radius 2 is 1.59 bits per heavy atom. The summed E-state index contributed by atoms with van der Waals surface area (Å²) >= 11 is 0. The van der Waals surface area contributed by atoms with Crippen LogP contribution in [0, 0.1) is 11.6 Å². The molecule has 0 fully saturated rings. The summed E-state index contributed by atoms with van der Waals surface area (Å²) < 4.78 is 27.0. The molecule has 1 rings (SSSR count). The van der Waals surface area contributed by atoms with Crippen molar-refractivity contribution in [2.45, 2.75) is 25.4 Å². The molecule has 0 saturated carbocycles. The SMILES string of the molecule is C[C@@H](Cc1c(F)cccc1F)NC(=O)NC(C(N)=O)C(N)=O. The van der Waals surface area contributed by atoms with E-state index in [1.807, 2.05) is 5.32 Å². The van der Waals surface area contributed by atoms with Crippen LogP contribution in [0.3, 0.4) is 0 Å². The first kappa shape index (κ1) is 17.3. The average molecular weight is 314 g/mol. The normalized spacial score (nSPS) is 11.8. The van der Waals surface area contributed by atoms with Crippen LogP contribution in [0.25, 0.3) is 0 Å². The van der Waals surface area contributed by atoms with Crippen LogP contribution < -0.4 is 22.1 Å². The van der Waals surface area contributed by atoms with Gasteiger partial charge in [-0.2, -0.15) is 0 Å². The summed E-state index contributed by atoms with van der Waals surface area (Å²) in [6.45, 7) is 1.50. The Hall–Kier alpha value is -2.71. The van der Waals surface area contributed by atoms with Crippen LogP contribution >= 0.6 is 0 Å². The largest absolute Gasteiger partial charge is 0.367 e. The second-order valence-corrected chi connectivity index (χ2v) is 4.66. The zero-order valence-corrected chi connectivity index (χ0v) is 11.7. The number of primary amides is 2. The minimum atomic E-state index is -1.67. The minimum absolute atomic E-state index is 0.121. The molecule has 0 unspecified atom stereocenters. The number of halogens is 2. The van der Waals surface area contributed by atoms with E-state index in [0.717, 1.165) is 12.1 Å². The lowest BCUT2D eigenvalue weighted by Gasteiger charge is -2.17. The van der Waals surface area contributed by atoms with Crippen LogP contribution in [0.4, 0.5) is 13.6 Å². The third kappa shape index (κ3) is 4.69. The van der Waals surface area contributed by atoms with Gasteiger partial charge in [-0.3, -0.25) is 9.59 Å². The predicted octanol–water partition coefficient (Wildman–Crippen LogP) is -0.466. The fraction of sp³-hybridized carbons (Fsp3) is 0.308. The van der Waals surface area contributed by atoms with Crippen molar-refractivity contribution in [3.05, 3.63) is 35.4 Å². The van der Waals surface area contributed by atoms with Gasteiger partial charge in [0.1, 0.15) is 11.6 Å². The van der Waals surface area contributed by atoms with E-state index in [4.69, 9.17) is 11.5 Å². The van der Waals surface area contributed by atoms with E-state index in [0.29, 0.717) is 0 Å². The minimum Gasteiger partial charge on any atom is -0.367 e. The molecule has 0 aliphatic rings. The number of nitrogens with one attached hydrogen (secondary N) is 2. The van der Waals surface area contributed by atoms with E-state index in [2.05, 4.69) is 5.32 Å². The fourth-order valence-electron chi connectivity index (χ4n) is 1.76. The van der Waals surface area contributed by atoms with E-state index in [9.17, 15) is 23.2 Å². The number of carbonyl (C=O) groups excluding carboxylic acids is 3. The zero-order chi connectivity index (χ0) is 16.9. The van der Waals surface area contributed by atoms with Crippen molar-refractivity contribution >= 4 is 17.8 Å². The van der Waals surface area contributed by atoms with E-state index in [1.165, 1.54) is 13.0 Å². The molecule has 7 nitrogen and oxygen atoms in total. The third-order valence-electron chi connectivity index (χ3n) is 2.79. The summed E-state index contributed by atoms with van der Waals surface area (Å²) in [5, 5.41) is 4.30. The third-order valence-corrected chi connectivity index (χ3v) is 2.79. The smallest absolute Gasteiger partial charge is 0.316 e. The number of nitrogens with two attached hydrogens (primary N) is 2. The van der Waals surface area contributed by atoms with Crippen LogP contribution in [-0.2, 0) is 16.0 Å². The number of urea groups is 1. The number of hydrogen-bond acceptors (Lipinski definition) is 3. The van der Waals surface area contributed by atoms with Gasteiger partial charge in [-0.25, -0.2) is 13.6 Å². The molecule has 22 heavy (non-hydrogen) atoms. The lowest BCUT2D eigenvalue weighted by molar-refractivity contribution is -0.128. The van der Waals surface area contributed by atoms with Gasteiger partial charge in [0.2, 0.25) is 11.8 Å². The highest BCUT2D eigenvalue weighted by Crippen LogP contribution is 2.14. The monoisotopic (exact) mass is 314 g/mol. The lowest BCUT2D eigenvalue weighted by Crippen LogP contribution is -2.56. The standard InChI is InChI=1S/C13H16F2N4O3/c1-6(5-7-8(14)3-2-4-9(7)15)18-13(22)19-10(11(16)20)12(17)21/h2-4,6,10H,5H2,1H3,(H2,16,20)(H2,17,21)(H2,18,19,22)/t6-/m0/s1. The first-order valence-corrected chi connectivity index (χ1v) is 6.31. The van der Waals surface area contributed by atoms with Crippen molar-refractivity contribution in [1.82, 2.24) is 10.6 Å². The van der Waals surface area contributed by atoms with Gasteiger partial charge in [0, 0.05) is 11.6 Å². The molecule has 0 heterocycles. The topological polar surface area (TPSA) is 127 Å². The van der Waals surface area contributed by atoms with Gasteiger partial charge in [-0.05, 0) is 25.5 Å². The Balaban J connectivity index is 2.65. The summed E-state index contributed by atoms with van der Waals surface area (Å²) in [7, 11) is 0. The molecular formula is C13H16F2N4O3. The second kappa shape index (κ2) is 7.34. The molecule has 1 aromatic carbocycles. The van der Waals surface area contributed by atoms with Gasteiger partial charge in [0.25, 0.3) is 0 Å². The number of benzene rings is 1. The summed E-state index contributed by atoms with van der Waals surface area (Å²) in [5.74, 6) is -3.70. The first-order valence-electron chi connectivity index (χ1n) is 6.31. The Labute approximate surface area is 125 Å². The van der Waals surface area contributed by atoms with Gasteiger partial charge < -0.3 is 22.1 Å². The number of hydrogen-bond donors (Lipinski definition) is 4. The number of carbonyl (C=O) groups is 3. The van der Waals surface area contributed by atoms with Gasteiger partial charge in [-0.1, -0.05) is 6.07 Å². The molecule has 1 atom stereocenters. The molecule has 0 aromatic heterocycles.